The summed E-state index contributed by atoms with van der Waals surface area (Å²) >= 11 is 0. The van der Waals surface area contributed by atoms with Gasteiger partial charge in [0.2, 0.25) is 5.91 Å². The monoisotopic (exact) mass is 238 g/mol. The molecule has 1 aliphatic carbocycles. The predicted molar refractivity (Wildman–Crippen MR) is 69.6 cm³/mol. The minimum absolute atomic E-state index is 0.0597. The number of amides is 1. The van der Waals surface area contributed by atoms with Crippen molar-refractivity contribution in [1.82, 2.24) is 10.2 Å². The van der Waals surface area contributed by atoms with Crippen LogP contribution in [-0.2, 0) is 4.79 Å². The van der Waals surface area contributed by atoms with E-state index in [-0.39, 0.29) is 12.2 Å². The van der Waals surface area contributed by atoms with Crippen molar-refractivity contribution in [2.75, 3.05) is 0 Å². The molecule has 1 heterocycles. The first-order chi connectivity index (χ1) is 8.19. The molecule has 0 aromatic carbocycles. The number of hydrogen-bond acceptors (Lipinski definition) is 2. The van der Waals surface area contributed by atoms with E-state index in [1.54, 1.807) is 0 Å². The largest absolute Gasteiger partial charge is 0.323 e. The van der Waals surface area contributed by atoms with E-state index in [0.29, 0.717) is 17.9 Å². The maximum absolute atomic E-state index is 12.4. The van der Waals surface area contributed by atoms with E-state index in [4.69, 9.17) is 0 Å². The summed E-state index contributed by atoms with van der Waals surface area (Å²) in [5, 5.41) is 3.42. The minimum atomic E-state index is 0.0597. The summed E-state index contributed by atoms with van der Waals surface area (Å²) in [6.07, 6.45) is 7.47. The lowest BCUT2D eigenvalue weighted by Gasteiger charge is -2.39. The van der Waals surface area contributed by atoms with Gasteiger partial charge in [0, 0.05) is 6.04 Å². The van der Waals surface area contributed by atoms with Gasteiger partial charge in [-0.05, 0) is 32.1 Å². The highest BCUT2D eigenvalue weighted by Gasteiger charge is 2.42. The molecule has 1 saturated carbocycles. The Hall–Kier alpha value is -0.570. The van der Waals surface area contributed by atoms with Crippen LogP contribution < -0.4 is 5.32 Å². The third kappa shape index (κ3) is 2.35. The number of rotatable bonds is 3. The van der Waals surface area contributed by atoms with Crippen LogP contribution in [-0.4, -0.2) is 29.1 Å². The Morgan fingerprint density at radius 3 is 2.53 bits per heavy atom. The van der Waals surface area contributed by atoms with E-state index >= 15 is 0 Å². The molecule has 2 aliphatic rings. The highest BCUT2D eigenvalue weighted by molar-refractivity contribution is 5.84. The van der Waals surface area contributed by atoms with Crippen molar-refractivity contribution in [1.29, 1.82) is 0 Å². The molecule has 1 amide bonds. The Labute approximate surface area is 105 Å². The molecular formula is C14H26N2O. The SMILES string of the molecule is CCC1NC(C)N(C2CCCCC2CC)C1=O. The Balaban J connectivity index is 2.12. The molecule has 0 aromatic heterocycles. The summed E-state index contributed by atoms with van der Waals surface area (Å²) in [6.45, 7) is 6.48. The predicted octanol–water partition coefficient (Wildman–Crippen LogP) is 2.51. The summed E-state index contributed by atoms with van der Waals surface area (Å²) < 4.78 is 0. The third-order valence-corrected chi connectivity index (χ3v) is 4.57. The number of carbonyl (C=O) groups is 1. The first-order valence-corrected chi connectivity index (χ1v) is 7.27. The zero-order valence-electron chi connectivity index (χ0n) is 11.4. The van der Waals surface area contributed by atoms with Crippen LogP contribution in [0.15, 0.2) is 0 Å². The first kappa shape index (κ1) is 12.9. The van der Waals surface area contributed by atoms with Gasteiger partial charge in [-0.15, -0.1) is 0 Å². The van der Waals surface area contributed by atoms with Gasteiger partial charge in [-0.25, -0.2) is 0 Å². The van der Waals surface area contributed by atoms with E-state index in [1.165, 1.54) is 32.1 Å². The molecule has 17 heavy (non-hydrogen) atoms. The fraction of sp³-hybridized carbons (Fsp3) is 0.929. The Kier molecular flexibility index (Phi) is 4.08. The number of carbonyl (C=O) groups excluding carboxylic acids is 1. The quantitative estimate of drug-likeness (QED) is 0.819. The van der Waals surface area contributed by atoms with E-state index in [1.807, 2.05) is 0 Å². The number of nitrogens with zero attached hydrogens (tertiary/aromatic N) is 1. The van der Waals surface area contributed by atoms with Gasteiger partial charge in [0.1, 0.15) is 0 Å². The van der Waals surface area contributed by atoms with Crippen molar-refractivity contribution in [3.8, 4) is 0 Å². The second-order valence-corrected chi connectivity index (χ2v) is 5.57. The van der Waals surface area contributed by atoms with Gasteiger partial charge >= 0.3 is 0 Å². The number of nitrogens with one attached hydrogen (secondary N) is 1. The average molecular weight is 238 g/mol. The zero-order valence-corrected chi connectivity index (χ0v) is 11.4. The summed E-state index contributed by atoms with van der Waals surface area (Å²) in [6, 6.07) is 0.546. The molecule has 3 nitrogen and oxygen atoms in total. The van der Waals surface area contributed by atoms with E-state index in [0.717, 1.165) is 6.42 Å². The standard InChI is InChI=1S/C14H26N2O/c1-4-11-8-6-7-9-13(11)16-10(3)15-12(5-2)14(16)17/h10-13,15H,4-9H2,1-3H3. The van der Waals surface area contributed by atoms with E-state index in [2.05, 4.69) is 31.0 Å². The van der Waals surface area contributed by atoms with Crippen LogP contribution in [0.2, 0.25) is 0 Å². The lowest BCUT2D eigenvalue weighted by molar-refractivity contribution is -0.134. The van der Waals surface area contributed by atoms with Crippen LogP contribution in [0.3, 0.4) is 0 Å². The van der Waals surface area contributed by atoms with Gasteiger partial charge in [0.25, 0.3) is 0 Å². The van der Waals surface area contributed by atoms with E-state index < -0.39 is 0 Å². The summed E-state index contributed by atoms with van der Waals surface area (Å²) in [5.41, 5.74) is 0. The molecule has 1 aliphatic heterocycles. The van der Waals surface area contributed by atoms with Crippen molar-refractivity contribution in [2.24, 2.45) is 5.92 Å². The maximum atomic E-state index is 12.4. The second-order valence-electron chi connectivity index (χ2n) is 5.57. The third-order valence-electron chi connectivity index (χ3n) is 4.57. The second kappa shape index (κ2) is 5.38. The molecule has 0 radical (unpaired) electrons. The van der Waals surface area contributed by atoms with Crippen LogP contribution in [0.25, 0.3) is 0 Å². The van der Waals surface area contributed by atoms with Gasteiger partial charge in [-0.2, -0.15) is 0 Å². The molecule has 0 bridgehead atoms. The van der Waals surface area contributed by atoms with Crippen molar-refractivity contribution in [3.05, 3.63) is 0 Å². The molecular weight excluding hydrogens is 212 g/mol. The Bertz CT molecular complexity index is 279. The lowest BCUT2D eigenvalue weighted by atomic mass is 9.81. The smallest absolute Gasteiger partial charge is 0.241 e. The molecule has 0 aromatic rings. The van der Waals surface area contributed by atoms with Crippen molar-refractivity contribution < 1.29 is 4.79 Å². The highest BCUT2D eigenvalue weighted by atomic mass is 16.2. The average Bonchev–Trinajstić information content (AvgIpc) is 2.64. The molecule has 1 saturated heterocycles. The minimum Gasteiger partial charge on any atom is -0.323 e. The highest BCUT2D eigenvalue weighted by Crippen LogP contribution is 2.33. The molecule has 2 fully saturated rings. The summed E-state index contributed by atoms with van der Waals surface area (Å²) in [5.74, 6) is 1.05. The molecule has 0 spiro atoms. The Morgan fingerprint density at radius 1 is 1.24 bits per heavy atom. The molecule has 3 heteroatoms. The molecule has 98 valence electrons. The van der Waals surface area contributed by atoms with Crippen LogP contribution >= 0.6 is 0 Å². The van der Waals surface area contributed by atoms with Gasteiger partial charge in [-0.3, -0.25) is 10.1 Å². The lowest BCUT2D eigenvalue weighted by Crippen LogP contribution is -2.48. The number of hydrogen-bond donors (Lipinski definition) is 1. The topological polar surface area (TPSA) is 32.3 Å². The maximum Gasteiger partial charge on any atom is 0.241 e. The molecule has 4 atom stereocenters. The normalized spacial score (nSPS) is 38.8. The van der Waals surface area contributed by atoms with Gasteiger partial charge < -0.3 is 4.90 Å². The van der Waals surface area contributed by atoms with Gasteiger partial charge in [-0.1, -0.05) is 33.1 Å². The molecule has 2 rings (SSSR count). The Morgan fingerprint density at radius 2 is 1.94 bits per heavy atom. The van der Waals surface area contributed by atoms with Crippen molar-refractivity contribution in [2.45, 2.75) is 77.5 Å². The fourth-order valence-electron chi connectivity index (χ4n) is 3.59. The summed E-state index contributed by atoms with van der Waals surface area (Å²) in [4.78, 5) is 14.5. The van der Waals surface area contributed by atoms with Crippen LogP contribution in [0.4, 0.5) is 0 Å². The van der Waals surface area contributed by atoms with Crippen LogP contribution in [0.1, 0.15) is 59.3 Å². The zero-order chi connectivity index (χ0) is 12.4. The van der Waals surface area contributed by atoms with Crippen molar-refractivity contribution >= 4 is 5.91 Å². The van der Waals surface area contributed by atoms with Crippen LogP contribution in [0, 0.1) is 5.92 Å². The van der Waals surface area contributed by atoms with Gasteiger partial charge in [0.05, 0.1) is 12.2 Å². The van der Waals surface area contributed by atoms with Crippen molar-refractivity contribution in [3.63, 3.8) is 0 Å². The molecule has 4 unspecified atom stereocenters. The summed E-state index contributed by atoms with van der Waals surface area (Å²) in [7, 11) is 0. The van der Waals surface area contributed by atoms with Gasteiger partial charge in [0.15, 0.2) is 0 Å². The fourth-order valence-corrected chi connectivity index (χ4v) is 3.59. The van der Waals surface area contributed by atoms with Crippen LogP contribution in [0.5, 0.6) is 0 Å². The molecule has 1 N–H and O–H groups in total. The van der Waals surface area contributed by atoms with E-state index in [9.17, 15) is 4.79 Å². The first-order valence-electron chi connectivity index (χ1n) is 7.27.